The number of morpholine rings is 1. The molecule has 38 heavy (non-hydrogen) atoms. The van der Waals surface area contributed by atoms with Crippen molar-refractivity contribution in [3.05, 3.63) is 109 Å². The SMILES string of the molecule is C=C/C=C/C/C=C/C=C/C=C(/C)c1c(-c2ccccc2)ccc(C(N)=O)c1OCCCCN1CCOCC1. The van der Waals surface area contributed by atoms with Crippen LogP contribution in [0.3, 0.4) is 0 Å². The fourth-order valence-electron chi connectivity index (χ4n) is 4.37. The van der Waals surface area contributed by atoms with Gasteiger partial charge >= 0.3 is 0 Å². The molecule has 0 atom stereocenters. The molecule has 0 spiro atoms. The number of hydrogen-bond donors (Lipinski definition) is 1. The molecular weight excluding hydrogens is 472 g/mol. The highest BCUT2D eigenvalue weighted by atomic mass is 16.5. The zero-order chi connectivity index (χ0) is 27.0. The van der Waals surface area contributed by atoms with Crippen molar-refractivity contribution >= 4 is 11.5 Å². The van der Waals surface area contributed by atoms with E-state index in [1.54, 1.807) is 12.1 Å². The summed E-state index contributed by atoms with van der Waals surface area (Å²) in [4.78, 5) is 14.8. The van der Waals surface area contributed by atoms with Crippen LogP contribution in [0.4, 0.5) is 0 Å². The number of carbonyl (C=O) groups is 1. The molecular formula is C33H40N2O3. The highest BCUT2D eigenvalue weighted by molar-refractivity contribution is 6.00. The number of unbranched alkanes of at least 4 members (excludes halogenated alkanes) is 1. The predicted octanol–water partition coefficient (Wildman–Crippen LogP) is 6.59. The molecule has 5 heteroatoms. The summed E-state index contributed by atoms with van der Waals surface area (Å²) in [7, 11) is 0. The molecule has 0 radical (unpaired) electrons. The predicted molar refractivity (Wildman–Crippen MR) is 158 cm³/mol. The van der Waals surface area contributed by atoms with Crippen molar-refractivity contribution in [1.82, 2.24) is 4.90 Å². The fourth-order valence-corrected chi connectivity index (χ4v) is 4.37. The summed E-state index contributed by atoms with van der Waals surface area (Å²) in [6.45, 7) is 10.8. The van der Waals surface area contributed by atoms with E-state index >= 15 is 0 Å². The van der Waals surface area contributed by atoms with Gasteiger partial charge in [-0.1, -0.05) is 91.6 Å². The number of amides is 1. The Morgan fingerprint density at radius 3 is 2.53 bits per heavy atom. The Hall–Kier alpha value is -3.67. The minimum atomic E-state index is -0.493. The Morgan fingerprint density at radius 2 is 1.79 bits per heavy atom. The quantitative estimate of drug-likeness (QED) is 0.229. The lowest BCUT2D eigenvalue weighted by atomic mass is 9.91. The molecule has 200 valence electrons. The van der Waals surface area contributed by atoms with Crippen LogP contribution in [0, 0.1) is 0 Å². The third-order valence-electron chi connectivity index (χ3n) is 6.37. The van der Waals surface area contributed by atoms with Crippen LogP contribution in [0.25, 0.3) is 16.7 Å². The van der Waals surface area contributed by atoms with Gasteiger partial charge < -0.3 is 15.2 Å². The molecule has 0 aromatic heterocycles. The minimum absolute atomic E-state index is 0.401. The number of carbonyl (C=O) groups excluding carboxylic acids is 1. The first-order valence-corrected chi connectivity index (χ1v) is 13.3. The van der Waals surface area contributed by atoms with Gasteiger partial charge in [-0.2, -0.15) is 0 Å². The summed E-state index contributed by atoms with van der Waals surface area (Å²) in [5, 5.41) is 0. The number of allylic oxidation sites excluding steroid dienone is 9. The lowest BCUT2D eigenvalue weighted by Crippen LogP contribution is -2.36. The maximum absolute atomic E-state index is 12.4. The highest BCUT2D eigenvalue weighted by Crippen LogP contribution is 2.38. The molecule has 0 unspecified atom stereocenters. The molecule has 1 fully saturated rings. The van der Waals surface area contributed by atoms with Gasteiger partial charge in [-0.15, -0.1) is 0 Å². The summed E-state index contributed by atoms with van der Waals surface area (Å²) in [5.41, 5.74) is 10.1. The third kappa shape index (κ3) is 9.02. The van der Waals surface area contributed by atoms with Crippen LogP contribution in [-0.2, 0) is 4.74 Å². The van der Waals surface area contributed by atoms with E-state index in [1.807, 2.05) is 67.6 Å². The van der Waals surface area contributed by atoms with Gasteiger partial charge in [0.05, 0.1) is 25.4 Å². The van der Waals surface area contributed by atoms with Crippen LogP contribution in [0.5, 0.6) is 5.75 Å². The zero-order valence-corrected chi connectivity index (χ0v) is 22.5. The first kappa shape index (κ1) is 28.9. The number of rotatable bonds is 14. The number of hydrogen-bond acceptors (Lipinski definition) is 4. The molecule has 5 nitrogen and oxygen atoms in total. The third-order valence-corrected chi connectivity index (χ3v) is 6.37. The molecule has 3 rings (SSSR count). The maximum Gasteiger partial charge on any atom is 0.252 e. The molecule has 1 heterocycles. The van der Waals surface area contributed by atoms with Gasteiger partial charge in [0.2, 0.25) is 0 Å². The minimum Gasteiger partial charge on any atom is -0.492 e. The largest absolute Gasteiger partial charge is 0.492 e. The molecule has 1 amide bonds. The topological polar surface area (TPSA) is 64.8 Å². The molecule has 2 aromatic rings. The lowest BCUT2D eigenvalue weighted by molar-refractivity contribution is 0.0368. The molecule has 2 aromatic carbocycles. The van der Waals surface area contributed by atoms with Gasteiger partial charge in [-0.3, -0.25) is 9.69 Å². The normalized spacial score (nSPS) is 15.0. The standard InChI is InChI=1S/C33H40N2O3/c1-3-4-5-6-7-8-9-11-16-27(2)31-29(28-17-12-10-13-18-28)19-20-30(33(34)36)32(31)38-24-15-14-21-35-22-25-37-26-23-35/h3-5,7-13,16-20H,1,6,14-15,21-26H2,2H3,(H2,34,36)/b5-4+,8-7+,11-9+,27-16-. The first-order valence-electron chi connectivity index (χ1n) is 13.3. The van der Waals surface area contributed by atoms with E-state index in [0.717, 1.165) is 74.4 Å². The smallest absolute Gasteiger partial charge is 0.252 e. The van der Waals surface area contributed by atoms with Crippen LogP contribution in [0.1, 0.15) is 42.1 Å². The maximum atomic E-state index is 12.4. The number of primary amides is 1. The van der Waals surface area contributed by atoms with Gasteiger partial charge in [0.15, 0.2) is 0 Å². The molecule has 2 N–H and O–H groups in total. The van der Waals surface area contributed by atoms with Gasteiger partial charge in [0, 0.05) is 18.7 Å². The Balaban J connectivity index is 1.84. The van der Waals surface area contributed by atoms with Crippen LogP contribution in [0.2, 0.25) is 0 Å². The average molecular weight is 513 g/mol. The summed E-state index contributed by atoms with van der Waals surface area (Å²) in [6, 6.07) is 13.9. The van der Waals surface area contributed by atoms with E-state index in [2.05, 4.69) is 29.7 Å². The van der Waals surface area contributed by atoms with Gasteiger partial charge in [0.1, 0.15) is 5.75 Å². The van der Waals surface area contributed by atoms with Gasteiger partial charge in [-0.25, -0.2) is 0 Å². The van der Waals surface area contributed by atoms with Crippen LogP contribution >= 0.6 is 0 Å². The number of nitrogens with zero attached hydrogens (tertiary/aromatic N) is 1. The van der Waals surface area contributed by atoms with Crippen molar-refractivity contribution < 1.29 is 14.3 Å². The molecule has 0 bridgehead atoms. The van der Waals surface area contributed by atoms with Gasteiger partial charge in [-0.05, 0) is 55.5 Å². The Morgan fingerprint density at radius 1 is 1.03 bits per heavy atom. The molecule has 0 aliphatic carbocycles. The van der Waals surface area contributed by atoms with E-state index in [0.29, 0.717) is 17.9 Å². The van der Waals surface area contributed by atoms with E-state index in [1.165, 1.54) is 0 Å². The first-order chi connectivity index (χ1) is 18.6. The van der Waals surface area contributed by atoms with Crippen LogP contribution in [0.15, 0.2) is 97.7 Å². The van der Waals surface area contributed by atoms with Crippen LogP contribution < -0.4 is 10.5 Å². The van der Waals surface area contributed by atoms with Crippen molar-refractivity contribution in [1.29, 1.82) is 0 Å². The zero-order valence-electron chi connectivity index (χ0n) is 22.5. The Labute approximate surface area is 227 Å². The summed E-state index contributed by atoms with van der Waals surface area (Å²) < 4.78 is 11.8. The van der Waals surface area contributed by atoms with Crippen molar-refractivity contribution in [2.24, 2.45) is 5.73 Å². The molecule has 1 aliphatic rings. The van der Waals surface area contributed by atoms with Crippen molar-refractivity contribution in [2.45, 2.75) is 26.2 Å². The Bertz CT molecular complexity index is 1160. The average Bonchev–Trinajstić information content (AvgIpc) is 2.94. The fraction of sp³-hybridized carbons (Fsp3) is 0.303. The summed E-state index contributed by atoms with van der Waals surface area (Å²) >= 11 is 0. The van der Waals surface area contributed by atoms with Crippen molar-refractivity contribution in [3.8, 4) is 16.9 Å². The van der Waals surface area contributed by atoms with E-state index < -0.39 is 5.91 Å². The van der Waals surface area contributed by atoms with Crippen molar-refractivity contribution in [3.63, 3.8) is 0 Å². The monoisotopic (exact) mass is 512 g/mol. The second-order valence-electron chi connectivity index (χ2n) is 9.17. The second-order valence-corrected chi connectivity index (χ2v) is 9.17. The number of nitrogens with two attached hydrogens (primary N) is 1. The molecule has 1 aliphatic heterocycles. The number of ether oxygens (including phenoxy) is 2. The Kier molecular flexibility index (Phi) is 12.3. The van der Waals surface area contributed by atoms with Gasteiger partial charge in [0.25, 0.3) is 5.91 Å². The molecule has 1 saturated heterocycles. The number of benzene rings is 2. The summed E-state index contributed by atoms with van der Waals surface area (Å²) in [6.07, 6.45) is 18.6. The summed E-state index contributed by atoms with van der Waals surface area (Å²) in [5.74, 6) is 0.0607. The van der Waals surface area contributed by atoms with Crippen molar-refractivity contribution in [2.75, 3.05) is 39.5 Å². The highest BCUT2D eigenvalue weighted by Gasteiger charge is 2.20. The lowest BCUT2D eigenvalue weighted by Gasteiger charge is -2.26. The second kappa shape index (κ2) is 16.2. The molecule has 0 saturated carbocycles. The van der Waals surface area contributed by atoms with E-state index in [-0.39, 0.29) is 0 Å². The van der Waals surface area contributed by atoms with Crippen LogP contribution in [-0.4, -0.2) is 50.3 Å². The van der Waals surface area contributed by atoms with E-state index in [4.69, 9.17) is 15.2 Å². The van der Waals surface area contributed by atoms with E-state index in [9.17, 15) is 4.79 Å².